The summed E-state index contributed by atoms with van der Waals surface area (Å²) in [5.41, 5.74) is 4.64. The van der Waals surface area contributed by atoms with Gasteiger partial charge >= 0.3 is 5.97 Å². The number of imide groups is 1. The van der Waals surface area contributed by atoms with E-state index >= 15 is 0 Å². The van der Waals surface area contributed by atoms with Gasteiger partial charge in [-0.05, 0) is 47.4 Å². The van der Waals surface area contributed by atoms with Gasteiger partial charge in [0.1, 0.15) is 0 Å². The molecule has 0 spiro atoms. The van der Waals surface area contributed by atoms with Gasteiger partial charge in [-0.15, -0.1) is 0 Å². The molecule has 1 heterocycles. The summed E-state index contributed by atoms with van der Waals surface area (Å²) in [5, 5.41) is 0. The average Bonchev–Trinajstić information content (AvgIpc) is 3.11. The summed E-state index contributed by atoms with van der Waals surface area (Å²) in [6.07, 6.45) is 0. The lowest BCUT2D eigenvalue weighted by molar-refractivity contribution is -0.123. The van der Waals surface area contributed by atoms with Crippen LogP contribution < -0.4 is 4.90 Å². The summed E-state index contributed by atoms with van der Waals surface area (Å²) in [5.74, 6) is -2.01. The molecule has 0 N–H and O–H groups in total. The smallest absolute Gasteiger partial charge is 0.338 e. The number of rotatable bonds is 3. The zero-order valence-electron chi connectivity index (χ0n) is 18.4. The van der Waals surface area contributed by atoms with Gasteiger partial charge in [0.25, 0.3) is 0 Å². The third-order valence-corrected chi connectivity index (χ3v) is 7.66. The van der Waals surface area contributed by atoms with E-state index in [-0.39, 0.29) is 24.3 Å². The predicted octanol–water partition coefficient (Wildman–Crippen LogP) is 4.43. The van der Waals surface area contributed by atoms with Crippen LogP contribution >= 0.6 is 0 Å². The number of esters is 1. The lowest BCUT2D eigenvalue weighted by Crippen LogP contribution is -2.51. The lowest BCUT2D eigenvalue weighted by Gasteiger charge is -2.52. The second-order valence-corrected chi connectivity index (χ2v) is 9.14. The molecular formula is C28H23NO4. The van der Waals surface area contributed by atoms with Crippen molar-refractivity contribution in [3.8, 4) is 0 Å². The van der Waals surface area contributed by atoms with Crippen molar-refractivity contribution in [3.05, 3.63) is 101 Å². The number of amides is 2. The molecule has 4 aliphatic rings. The summed E-state index contributed by atoms with van der Waals surface area (Å²) in [7, 11) is 0. The minimum absolute atomic E-state index is 0.168. The third-order valence-electron chi connectivity index (χ3n) is 7.66. The minimum atomic E-state index is -0.604. The second-order valence-electron chi connectivity index (χ2n) is 9.14. The molecule has 164 valence electrons. The number of hydrogen-bond donors (Lipinski definition) is 0. The van der Waals surface area contributed by atoms with Crippen molar-refractivity contribution >= 4 is 23.5 Å². The van der Waals surface area contributed by atoms with E-state index in [4.69, 9.17) is 4.74 Å². The molecule has 7 rings (SSSR count). The van der Waals surface area contributed by atoms with Crippen molar-refractivity contribution in [2.24, 2.45) is 11.8 Å². The molecule has 1 saturated heterocycles. The van der Waals surface area contributed by atoms with Crippen molar-refractivity contribution in [2.45, 2.75) is 25.2 Å². The minimum Gasteiger partial charge on any atom is -0.462 e. The number of hydrogen-bond acceptors (Lipinski definition) is 4. The van der Waals surface area contributed by atoms with Gasteiger partial charge in [-0.2, -0.15) is 0 Å². The van der Waals surface area contributed by atoms with Gasteiger partial charge in [0, 0.05) is 11.3 Å². The lowest BCUT2D eigenvalue weighted by atomic mass is 9.48. The van der Waals surface area contributed by atoms with Crippen LogP contribution in [0.4, 0.5) is 5.69 Å². The number of carbonyl (C=O) groups is 3. The highest BCUT2D eigenvalue weighted by atomic mass is 16.5. The third kappa shape index (κ3) is 2.45. The Balaban J connectivity index is 1.52. The molecule has 5 heteroatoms. The number of ether oxygens (including phenoxy) is 1. The quantitative estimate of drug-likeness (QED) is 0.449. The topological polar surface area (TPSA) is 63.7 Å². The highest BCUT2D eigenvalue weighted by molar-refractivity contribution is 6.24. The van der Waals surface area contributed by atoms with Crippen LogP contribution in [0.25, 0.3) is 0 Å². The highest BCUT2D eigenvalue weighted by Gasteiger charge is 2.66. The summed E-state index contributed by atoms with van der Waals surface area (Å²) < 4.78 is 5.11. The number of anilines is 1. The molecule has 5 nitrogen and oxygen atoms in total. The summed E-state index contributed by atoms with van der Waals surface area (Å²) in [6, 6.07) is 23.0. The largest absolute Gasteiger partial charge is 0.462 e. The predicted molar refractivity (Wildman–Crippen MR) is 123 cm³/mol. The zero-order chi connectivity index (χ0) is 22.9. The molecule has 0 radical (unpaired) electrons. The number of benzene rings is 3. The molecule has 2 amide bonds. The van der Waals surface area contributed by atoms with E-state index in [9.17, 15) is 14.4 Å². The molecule has 2 atom stereocenters. The van der Waals surface area contributed by atoms with Crippen molar-refractivity contribution in [3.63, 3.8) is 0 Å². The van der Waals surface area contributed by atoms with Crippen molar-refractivity contribution in [2.75, 3.05) is 11.5 Å². The second kappa shape index (κ2) is 6.88. The maximum absolute atomic E-state index is 14.0. The van der Waals surface area contributed by atoms with Crippen molar-refractivity contribution in [1.29, 1.82) is 0 Å². The first-order valence-electron chi connectivity index (χ1n) is 11.3. The maximum atomic E-state index is 14.0. The molecule has 0 saturated carbocycles. The Kier molecular flexibility index (Phi) is 4.15. The Morgan fingerprint density at radius 1 is 0.909 bits per heavy atom. The zero-order valence-corrected chi connectivity index (χ0v) is 18.4. The van der Waals surface area contributed by atoms with Crippen LogP contribution in [0.2, 0.25) is 0 Å². The van der Waals surface area contributed by atoms with E-state index in [0.717, 1.165) is 22.3 Å². The van der Waals surface area contributed by atoms with E-state index in [1.807, 2.05) is 24.3 Å². The molecule has 3 aromatic rings. The summed E-state index contributed by atoms with van der Waals surface area (Å²) >= 11 is 0. The molecule has 2 bridgehead atoms. The Labute approximate surface area is 192 Å². The van der Waals surface area contributed by atoms with E-state index in [0.29, 0.717) is 11.3 Å². The van der Waals surface area contributed by atoms with Gasteiger partial charge in [0.05, 0.1) is 29.7 Å². The molecule has 3 aromatic carbocycles. The molecular weight excluding hydrogens is 414 g/mol. The van der Waals surface area contributed by atoms with Gasteiger partial charge < -0.3 is 4.74 Å². The van der Waals surface area contributed by atoms with Crippen LogP contribution in [0.1, 0.15) is 52.4 Å². The van der Waals surface area contributed by atoms with E-state index in [1.165, 1.54) is 4.90 Å². The van der Waals surface area contributed by atoms with Crippen LogP contribution in [0.15, 0.2) is 72.8 Å². The first-order valence-corrected chi connectivity index (χ1v) is 11.3. The summed E-state index contributed by atoms with van der Waals surface area (Å²) in [6.45, 7) is 4.10. The fourth-order valence-corrected chi connectivity index (χ4v) is 6.39. The van der Waals surface area contributed by atoms with Gasteiger partial charge in [0.2, 0.25) is 11.8 Å². The molecule has 33 heavy (non-hydrogen) atoms. The monoisotopic (exact) mass is 437 g/mol. The van der Waals surface area contributed by atoms with E-state index < -0.39 is 23.2 Å². The fraction of sp³-hybridized carbons (Fsp3) is 0.250. The first-order chi connectivity index (χ1) is 16.0. The van der Waals surface area contributed by atoms with Gasteiger partial charge in [-0.25, -0.2) is 9.69 Å². The molecule has 2 unspecified atom stereocenters. The van der Waals surface area contributed by atoms with Crippen LogP contribution in [-0.2, 0) is 19.7 Å². The Morgan fingerprint density at radius 3 is 2.18 bits per heavy atom. The first kappa shape index (κ1) is 19.9. The Morgan fingerprint density at radius 2 is 1.55 bits per heavy atom. The summed E-state index contributed by atoms with van der Waals surface area (Å²) in [4.78, 5) is 41.4. The van der Waals surface area contributed by atoms with Crippen LogP contribution in [0, 0.1) is 11.8 Å². The van der Waals surface area contributed by atoms with Crippen molar-refractivity contribution < 1.29 is 19.1 Å². The van der Waals surface area contributed by atoms with Gasteiger partial charge in [0.15, 0.2) is 0 Å². The molecule has 0 aromatic heterocycles. The van der Waals surface area contributed by atoms with E-state index in [2.05, 4.69) is 31.2 Å². The van der Waals surface area contributed by atoms with Gasteiger partial charge in [-0.1, -0.05) is 61.5 Å². The standard InChI is InChI=1S/C28H23NO4/c1-3-33-27(32)16-9-8-10-17(15-16)29-25(30)23-22-18-11-4-6-13-20(18)28(2,24(23)26(29)31)21-14-7-5-12-19(21)22/h4-15,22-24H,3H2,1-2H3. The number of carbonyl (C=O) groups excluding carboxylic acids is 3. The average molecular weight is 437 g/mol. The molecule has 1 aliphatic heterocycles. The Hall–Kier alpha value is -3.73. The Bertz CT molecular complexity index is 1300. The van der Waals surface area contributed by atoms with Crippen LogP contribution in [-0.4, -0.2) is 24.4 Å². The van der Waals surface area contributed by atoms with Crippen LogP contribution in [0.5, 0.6) is 0 Å². The van der Waals surface area contributed by atoms with Gasteiger partial charge in [-0.3, -0.25) is 9.59 Å². The molecule has 1 fully saturated rings. The SMILES string of the molecule is CCOC(=O)c1cccc(N2C(=O)C3C4c5ccccc5C(C)(c5ccccc54)C3C2=O)c1. The fourth-order valence-electron chi connectivity index (χ4n) is 6.39. The van der Waals surface area contributed by atoms with Crippen LogP contribution in [0.3, 0.4) is 0 Å². The van der Waals surface area contributed by atoms with Crippen molar-refractivity contribution in [1.82, 2.24) is 0 Å². The van der Waals surface area contributed by atoms with E-state index in [1.54, 1.807) is 31.2 Å². The molecule has 3 aliphatic carbocycles. The maximum Gasteiger partial charge on any atom is 0.338 e. The highest BCUT2D eigenvalue weighted by Crippen LogP contribution is 2.64. The number of nitrogens with zero attached hydrogens (tertiary/aromatic N) is 1. The normalized spacial score (nSPS) is 26.6.